The minimum absolute atomic E-state index is 0.176. The normalized spacial score (nSPS) is 16.2. The lowest BCUT2D eigenvalue weighted by molar-refractivity contribution is -0.115. The molecule has 4 aromatic rings. The Labute approximate surface area is 209 Å². The van der Waals surface area contributed by atoms with Gasteiger partial charge in [0, 0.05) is 44.3 Å². The molecule has 0 atom stereocenters. The predicted octanol–water partition coefficient (Wildman–Crippen LogP) is 7.54. The van der Waals surface area contributed by atoms with Crippen LogP contribution in [-0.4, -0.2) is 15.6 Å². The van der Waals surface area contributed by atoms with Crippen molar-refractivity contribution >= 4 is 80.3 Å². The SMILES string of the molecule is O=C1NC(=Nc2ccc(Cl)cc2)S/C1=C\c1cn(Cc2ccc(Cl)cc2Cl)c2ccccc12. The second-order valence-corrected chi connectivity index (χ2v) is 9.73. The summed E-state index contributed by atoms with van der Waals surface area (Å²) in [5.41, 5.74) is 3.68. The van der Waals surface area contributed by atoms with E-state index in [2.05, 4.69) is 20.9 Å². The maximum atomic E-state index is 12.6. The van der Waals surface area contributed by atoms with Crippen molar-refractivity contribution in [2.75, 3.05) is 0 Å². The second-order valence-electron chi connectivity index (χ2n) is 7.42. The number of aromatic nitrogens is 1. The molecule has 1 fully saturated rings. The molecule has 3 aromatic carbocycles. The number of aliphatic imine (C=N–C) groups is 1. The molecule has 0 saturated carbocycles. The van der Waals surface area contributed by atoms with Gasteiger partial charge in [0.2, 0.25) is 0 Å². The number of hydrogen-bond donors (Lipinski definition) is 1. The standard InChI is InChI=1S/C25H16Cl3N3OS/c26-17-7-9-19(10-8-17)29-25-30-24(32)23(33-25)11-16-14-31(22-4-2-1-3-20(16)22)13-15-5-6-18(27)12-21(15)28/h1-12,14H,13H2,(H,29,30,32)/b23-11-. The predicted molar refractivity (Wildman–Crippen MR) is 140 cm³/mol. The minimum Gasteiger partial charge on any atom is -0.342 e. The Morgan fingerprint density at radius 1 is 0.970 bits per heavy atom. The average molecular weight is 513 g/mol. The first-order valence-electron chi connectivity index (χ1n) is 10.0. The van der Waals surface area contributed by atoms with E-state index in [0.29, 0.717) is 31.7 Å². The zero-order valence-corrected chi connectivity index (χ0v) is 20.1. The zero-order chi connectivity index (χ0) is 22.9. The van der Waals surface area contributed by atoms with Crippen molar-refractivity contribution in [1.29, 1.82) is 0 Å². The van der Waals surface area contributed by atoms with E-state index in [1.54, 1.807) is 30.3 Å². The van der Waals surface area contributed by atoms with E-state index in [-0.39, 0.29) is 5.91 Å². The monoisotopic (exact) mass is 511 g/mol. The number of amidine groups is 1. The van der Waals surface area contributed by atoms with Crippen LogP contribution in [0.3, 0.4) is 0 Å². The topological polar surface area (TPSA) is 46.4 Å². The molecule has 0 radical (unpaired) electrons. The molecule has 0 unspecified atom stereocenters. The van der Waals surface area contributed by atoms with Crippen LogP contribution in [-0.2, 0) is 11.3 Å². The molecule has 164 valence electrons. The van der Waals surface area contributed by atoms with Gasteiger partial charge in [-0.1, -0.05) is 59.1 Å². The largest absolute Gasteiger partial charge is 0.342 e. The third kappa shape index (κ3) is 4.82. The third-order valence-electron chi connectivity index (χ3n) is 5.17. The lowest BCUT2D eigenvalue weighted by Gasteiger charge is -2.08. The summed E-state index contributed by atoms with van der Waals surface area (Å²) in [6.45, 7) is 0.586. The van der Waals surface area contributed by atoms with E-state index in [4.69, 9.17) is 34.8 Å². The summed E-state index contributed by atoms with van der Waals surface area (Å²) in [5, 5.41) is 6.27. The van der Waals surface area contributed by atoms with Gasteiger partial charge in [-0.3, -0.25) is 4.79 Å². The Hall–Kier alpha value is -2.70. The van der Waals surface area contributed by atoms with E-state index < -0.39 is 0 Å². The summed E-state index contributed by atoms with van der Waals surface area (Å²) in [4.78, 5) is 17.7. The van der Waals surface area contributed by atoms with Crippen LogP contribution in [0, 0.1) is 0 Å². The first-order chi connectivity index (χ1) is 16.0. The number of carbonyl (C=O) groups excluding carboxylic acids is 1. The number of benzene rings is 3. The van der Waals surface area contributed by atoms with Crippen LogP contribution in [0.1, 0.15) is 11.1 Å². The third-order valence-corrected chi connectivity index (χ3v) is 6.92. The fourth-order valence-corrected chi connectivity index (χ4v) is 5.04. The fraction of sp³-hybridized carbons (Fsp3) is 0.0400. The van der Waals surface area contributed by atoms with Crippen molar-refractivity contribution in [1.82, 2.24) is 9.88 Å². The smallest absolute Gasteiger partial charge is 0.264 e. The Kier molecular flexibility index (Phi) is 6.21. The van der Waals surface area contributed by atoms with Crippen molar-refractivity contribution in [3.63, 3.8) is 0 Å². The van der Waals surface area contributed by atoms with Crippen molar-refractivity contribution in [2.24, 2.45) is 4.99 Å². The van der Waals surface area contributed by atoms with Gasteiger partial charge < -0.3 is 9.88 Å². The summed E-state index contributed by atoms with van der Waals surface area (Å²) in [6, 6.07) is 20.7. The summed E-state index contributed by atoms with van der Waals surface area (Å²) < 4.78 is 2.12. The highest BCUT2D eigenvalue weighted by molar-refractivity contribution is 8.18. The molecule has 8 heteroatoms. The van der Waals surface area contributed by atoms with Gasteiger partial charge >= 0.3 is 0 Å². The number of nitrogens with zero attached hydrogens (tertiary/aromatic N) is 2. The highest BCUT2D eigenvalue weighted by atomic mass is 35.5. The van der Waals surface area contributed by atoms with Crippen LogP contribution in [0.5, 0.6) is 0 Å². The van der Waals surface area contributed by atoms with Gasteiger partial charge in [0.15, 0.2) is 5.17 Å². The van der Waals surface area contributed by atoms with E-state index in [9.17, 15) is 4.79 Å². The summed E-state index contributed by atoms with van der Waals surface area (Å²) in [7, 11) is 0. The number of para-hydroxylation sites is 1. The van der Waals surface area contributed by atoms with Crippen LogP contribution < -0.4 is 5.32 Å². The van der Waals surface area contributed by atoms with Crippen LogP contribution in [0.15, 0.2) is 82.8 Å². The lowest BCUT2D eigenvalue weighted by atomic mass is 10.1. The Morgan fingerprint density at radius 3 is 2.52 bits per heavy atom. The van der Waals surface area contributed by atoms with Crippen LogP contribution in [0.25, 0.3) is 17.0 Å². The van der Waals surface area contributed by atoms with Gasteiger partial charge in [-0.2, -0.15) is 0 Å². The Balaban J connectivity index is 1.47. The quantitative estimate of drug-likeness (QED) is 0.287. The number of fused-ring (bicyclic) bond motifs is 1. The number of nitrogens with one attached hydrogen (secondary N) is 1. The van der Waals surface area contributed by atoms with E-state index >= 15 is 0 Å². The minimum atomic E-state index is -0.176. The molecule has 1 aliphatic heterocycles. The molecule has 33 heavy (non-hydrogen) atoms. The van der Waals surface area contributed by atoms with Gasteiger partial charge in [0.1, 0.15) is 0 Å². The lowest BCUT2D eigenvalue weighted by Crippen LogP contribution is -2.19. The summed E-state index contributed by atoms with van der Waals surface area (Å²) in [6.07, 6.45) is 3.93. The molecule has 1 amide bonds. The molecular weight excluding hydrogens is 497 g/mol. The Bertz CT molecular complexity index is 1440. The number of amides is 1. The first kappa shape index (κ1) is 22.1. The van der Waals surface area contributed by atoms with Crippen LogP contribution in [0.4, 0.5) is 5.69 Å². The van der Waals surface area contributed by atoms with Crippen molar-refractivity contribution < 1.29 is 4.79 Å². The molecule has 0 spiro atoms. The van der Waals surface area contributed by atoms with Gasteiger partial charge in [-0.05, 0) is 65.9 Å². The second kappa shape index (κ2) is 9.27. The number of hydrogen-bond acceptors (Lipinski definition) is 3. The molecule has 4 nitrogen and oxygen atoms in total. The molecule has 1 aromatic heterocycles. The van der Waals surface area contributed by atoms with Gasteiger partial charge in [-0.25, -0.2) is 4.99 Å². The molecule has 0 bridgehead atoms. The van der Waals surface area contributed by atoms with Crippen LogP contribution >= 0.6 is 46.6 Å². The molecule has 2 heterocycles. The van der Waals surface area contributed by atoms with Gasteiger partial charge in [-0.15, -0.1) is 0 Å². The molecular formula is C25H16Cl3N3OS. The molecule has 5 rings (SSSR count). The average Bonchev–Trinajstić information content (AvgIpc) is 3.32. The maximum Gasteiger partial charge on any atom is 0.264 e. The highest BCUT2D eigenvalue weighted by Crippen LogP contribution is 2.32. The fourth-order valence-electron chi connectivity index (χ4n) is 3.61. The number of halogens is 3. The maximum absolute atomic E-state index is 12.6. The van der Waals surface area contributed by atoms with E-state index in [1.807, 2.05) is 42.6 Å². The van der Waals surface area contributed by atoms with E-state index in [0.717, 1.165) is 27.7 Å². The number of rotatable bonds is 4. The summed E-state index contributed by atoms with van der Waals surface area (Å²) in [5.74, 6) is -0.176. The van der Waals surface area contributed by atoms with Gasteiger partial charge in [0.05, 0.1) is 10.6 Å². The number of carbonyl (C=O) groups is 1. The first-order valence-corrected chi connectivity index (χ1v) is 12.0. The van der Waals surface area contributed by atoms with E-state index in [1.165, 1.54) is 11.8 Å². The molecule has 1 N–H and O–H groups in total. The molecule has 1 aliphatic rings. The molecule has 1 saturated heterocycles. The van der Waals surface area contributed by atoms with Gasteiger partial charge in [0.25, 0.3) is 5.91 Å². The Morgan fingerprint density at radius 2 is 1.73 bits per heavy atom. The zero-order valence-electron chi connectivity index (χ0n) is 17.1. The van der Waals surface area contributed by atoms with Crippen molar-refractivity contribution in [2.45, 2.75) is 6.54 Å². The van der Waals surface area contributed by atoms with Crippen molar-refractivity contribution in [3.8, 4) is 0 Å². The number of thioether (sulfide) groups is 1. The van der Waals surface area contributed by atoms with Crippen LogP contribution in [0.2, 0.25) is 15.1 Å². The summed E-state index contributed by atoms with van der Waals surface area (Å²) >= 11 is 19.7. The highest BCUT2D eigenvalue weighted by Gasteiger charge is 2.24. The molecule has 0 aliphatic carbocycles. The van der Waals surface area contributed by atoms with Crippen molar-refractivity contribution in [3.05, 3.63) is 104 Å².